The summed E-state index contributed by atoms with van der Waals surface area (Å²) in [4.78, 5) is 21.0. The minimum atomic E-state index is -0.404. The van der Waals surface area contributed by atoms with E-state index in [0.29, 0.717) is 0 Å². The highest BCUT2D eigenvalue weighted by Crippen LogP contribution is 2.62. The zero-order chi connectivity index (χ0) is 19.0. The summed E-state index contributed by atoms with van der Waals surface area (Å²) in [6.07, 6.45) is 9.05. The zero-order valence-electron chi connectivity index (χ0n) is 14.3. The molecule has 0 bridgehead atoms. The van der Waals surface area contributed by atoms with Gasteiger partial charge in [0.15, 0.2) is 0 Å². The highest BCUT2D eigenvalue weighted by molar-refractivity contribution is 5.60. The molecule has 6 nitrogen and oxygen atoms in total. The number of nitro benzene ring substituents is 2. The summed E-state index contributed by atoms with van der Waals surface area (Å²) >= 11 is 0. The molecule has 0 heterocycles. The van der Waals surface area contributed by atoms with E-state index in [2.05, 4.69) is 12.2 Å². The first-order valence-electron chi connectivity index (χ1n) is 8.61. The van der Waals surface area contributed by atoms with Crippen molar-refractivity contribution in [2.45, 2.75) is 18.3 Å². The lowest BCUT2D eigenvalue weighted by Crippen LogP contribution is -1.90. The number of benzene rings is 2. The first kappa shape index (κ1) is 16.9. The van der Waals surface area contributed by atoms with Gasteiger partial charge in [-0.15, -0.1) is 0 Å². The quantitative estimate of drug-likeness (QED) is 0.554. The Bertz CT molecular complexity index is 936. The van der Waals surface area contributed by atoms with E-state index in [4.69, 9.17) is 0 Å². The Labute approximate surface area is 155 Å². The van der Waals surface area contributed by atoms with Crippen molar-refractivity contribution in [3.63, 3.8) is 0 Å². The van der Waals surface area contributed by atoms with Gasteiger partial charge in [0, 0.05) is 36.1 Å². The molecule has 2 aromatic carbocycles. The molecular formula is C21H16N2O4. The molecule has 0 aliphatic heterocycles. The minimum Gasteiger partial charge on any atom is -0.258 e. The summed E-state index contributed by atoms with van der Waals surface area (Å²) in [5.74, 6) is 0.275. The Balaban J connectivity index is 1.71. The van der Waals surface area contributed by atoms with Gasteiger partial charge in [0.25, 0.3) is 11.4 Å². The molecule has 0 aromatic heterocycles. The predicted octanol–water partition coefficient (Wildman–Crippen LogP) is 5.20. The maximum absolute atomic E-state index is 10.9. The van der Waals surface area contributed by atoms with Gasteiger partial charge in [-0.3, -0.25) is 20.2 Å². The third-order valence-corrected chi connectivity index (χ3v) is 5.07. The first-order chi connectivity index (χ1) is 13.1. The van der Waals surface area contributed by atoms with E-state index in [1.54, 1.807) is 24.3 Å². The van der Waals surface area contributed by atoms with Crippen LogP contribution < -0.4 is 0 Å². The van der Waals surface area contributed by atoms with Crippen LogP contribution in [0, 0.1) is 20.2 Å². The number of nitrogens with zero attached hydrogens (tertiary/aromatic N) is 2. The van der Waals surface area contributed by atoms with Crippen molar-refractivity contribution in [1.82, 2.24) is 0 Å². The zero-order valence-corrected chi connectivity index (χ0v) is 14.3. The lowest BCUT2D eigenvalue weighted by Gasteiger charge is -2.02. The molecule has 6 heteroatoms. The monoisotopic (exact) mass is 360 g/mol. The summed E-state index contributed by atoms with van der Waals surface area (Å²) in [6, 6.07) is 13.3. The Kier molecular flexibility index (Phi) is 4.16. The Morgan fingerprint density at radius 2 is 1.22 bits per heavy atom. The second-order valence-electron chi connectivity index (χ2n) is 6.62. The molecule has 0 radical (unpaired) electrons. The molecule has 2 atom stereocenters. The van der Waals surface area contributed by atoms with E-state index >= 15 is 0 Å². The van der Waals surface area contributed by atoms with Crippen molar-refractivity contribution in [2.75, 3.05) is 0 Å². The highest BCUT2D eigenvalue weighted by Gasteiger charge is 2.47. The molecule has 27 heavy (non-hydrogen) atoms. The predicted molar refractivity (Wildman–Crippen MR) is 102 cm³/mol. The van der Waals surface area contributed by atoms with Gasteiger partial charge < -0.3 is 0 Å². The van der Waals surface area contributed by atoms with Crippen LogP contribution in [0.15, 0.2) is 84.0 Å². The molecule has 134 valence electrons. The van der Waals surface area contributed by atoms with E-state index in [-0.39, 0.29) is 23.2 Å². The van der Waals surface area contributed by atoms with Gasteiger partial charge in [-0.1, -0.05) is 48.6 Å². The summed E-state index contributed by atoms with van der Waals surface area (Å²) in [5.41, 5.74) is 4.70. The van der Waals surface area contributed by atoms with E-state index in [9.17, 15) is 20.2 Å². The molecule has 0 spiro atoms. The number of rotatable bonds is 4. The number of hydrogen-bond acceptors (Lipinski definition) is 4. The summed E-state index contributed by atoms with van der Waals surface area (Å²) in [7, 11) is 0. The lowest BCUT2D eigenvalue weighted by atomic mass is 10.0. The van der Waals surface area contributed by atoms with Crippen molar-refractivity contribution in [3.05, 3.63) is 115 Å². The first-order valence-corrected chi connectivity index (χ1v) is 8.61. The van der Waals surface area contributed by atoms with Gasteiger partial charge in [0.05, 0.1) is 9.85 Å². The molecule has 0 amide bonds. The average molecular weight is 360 g/mol. The second kappa shape index (κ2) is 6.64. The fourth-order valence-corrected chi connectivity index (χ4v) is 3.74. The normalized spacial score (nSPS) is 20.6. The largest absolute Gasteiger partial charge is 0.269 e. The van der Waals surface area contributed by atoms with Crippen molar-refractivity contribution >= 4 is 11.4 Å². The number of allylic oxidation sites excluding steroid dienone is 6. The minimum absolute atomic E-state index is 0.0704. The molecular weight excluding hydrogens is 344 g/mol. The van der Waals surface area contributed by atoms with Crippen LogP contribution in [0.3, 0.4) is 0 Å². The molecule has 2 unspecified atom stereocenters. The molecule has 2 aromatic rings. The Hall–Kier alpha value is -3.54. The van der Waals surface area contributed by atoms with Crippen molar-refractivity contribution in [2.24, 2.45) is 0 Å². The van der Waals surface area contributed by atoms with Crippen LogP contribution >= 0.6 is 0 Å². The molecule has 2 aliphatic carbocycles. The van der Waals surface area contributed by atoms with E-state index in [0.717, 1.165) is 17.5 Å². The van der Waals surface area contributed by atoms with Gasteiger partial charge in [0.1, 0.15) is 0 Å². The van der Waals surface area contributed by atoms with Crippen molar-refractivity contribution in [1.29, 1.82) is 0 Å². The smallest absolute Gasteiger partial charge is 0.258 e. The van der Waals surface area contributed by atoms with Crippen LogP contribution in [0.1, 0.15) is 29.4 Å². The van der Waals surface area contributed by atoms with Gasteiger partial charge in [-0.2, -0.15) is 0 Å². The maximum atomic E-state index is 10.9. The fourth-order valence-electron chi connectivity index (χ4n) is 3.74. The van der Waals surface area contributed by atoms with Gasteiger partial charge >= 0.3 is 0 Å². The molecule has 0 saturated heterocycles. The van der Waals surface area contributed by atoms with Gasteiger partial charge in [-0.05, 0) is 28.7 Å². The topological polar surface area (TPSA) is 86.3 Å². The van der Waals surface area contributed by atoms with Crippen LogP contribution in [0.2, 0.25) is 0 Å². The summed E-state index contributed by atoms with van der Waals surface area (Å²) in [5, 5.41) is 21.8. The van der Waals surface area contributed by atoms with Crippen LogP contribution in [0.4, 0.5) is 11.4 Å². The molecule has 1 fully saturated rings. The third kappa shape index (κ3) is 3.17. The maximum Gasteiger partial charge on any atom is 0.269 e. The summed E-state index contributed by atoms with van der Waals surface area (Å²) in [6.45, 7) is 0. The summed E-state index contributed by atoms with van der Waals surface area (Å²) < 4.78 is 0. The third-order valence-electron chi connectivity index (χ3n) is 5.07. The molecule has 0 N–H and O–H groups in total. The Morgan fingerprint density at radius 3 is 1.59 bits per heavy atom. The number of non-ortho nitro benzene ring substituents is 2. The van der Waals surface area contributed by atoms with Crippen LogP contribution in [0.5, 0.6) is 0 Å². The second-order valence-corrected chi connectivity index (χ2v) is 6.62. The van der Waals surface area contributed by atoms with Crippen molar-refractivity contribution in [3.8, 4) is 0 Å². The molecule has 1 saturated carbocycles. The highest BCUT2D eigenvalue weighted by atomic mass is 16.6. The van der Waals surface area contributed by atoms with Crippen LogP contribution in [0.25, 0.3) is 0 Å². The van der Waals surface area contributed by atoms with Gasteiger partial charge in [-0.25, -0.2) is 0 Å². The van der Waals surface area contributed by atoms with Crippen LogP contribution in [-0.2, 0) is 0 Å². The van der Waals surface area contributed by atoms with E-state index in [1.807, 2.05) is 12.2 Å². The number of hydrogen-bond donors (Lipinski definition) is 0. The Morgan fingerprint density at radius 1 is 0.741 bits per heavy atom. The number of nitro groups is 2. The molecule has 4 rings (SSSR count). The SMILES string of the molecule is O=[N+]([O-])c1ccc(C2C(=C3C=CC=CC3)C2c2ccc([N+](=O)[O-])cc2)cc1. The van der Waals surface area contributed by atoms with Crippen LogP contribution in [-0.4, -0.2) is 9.85 Å². The molecule has 2 aliphatic rings. The van der Waals surface area contributed by atoms with Gasteiger partial charge in [0.2, 0.25) is 0 Å². The average Bonchev–Trinajstić information content (AvgIpc) is 3.44. The standard InChI is InChI=1S/C21H16N2O4/c24-22(25)17-10-6-15(7-11-17)20-19(14-4-2-1-3-5-14)21(20)16-8-12-18(13-9-16)23(26)27/h1-4,6-13,20-21H,5H2. The fraction of sp³-hybridized carbons (Fsp3) is 0.143. The lowest BCUT2D eigenvalue weighted by molar-refractivity contribution is -0.385. The van der Waals surface area contributed by atoms with E-state index in [1.165, 1.54) is 35.4 Å². The van der Waals surface area contributed by atoms with Crippen molar-refractivity contribution < 1.29 is 9.85 Å². The van der Waals surface area contributed by atoms with E-state index < -0.39 is 9.85 Å².